The van der Waals surface area contributed by atoms with Gasteiger partial charge in [-0.2, -0.15) is 5.10 Å². The van der Waals surface area contributed by atoms with Crippen molar-refractivity contribution >= 4 is 0 Å². The van der Waals surface area contributed by atoms with Crippen LogP contribution in [0.5, 0.6) is 0 Å². The third-order valence-corrected chi connectivity index (χ3v) is 3.25. The molecule has 1 aliphatic carbocycles. The van der Waals surface area contributed by atoms with Gasteiger partial charge in [-0.1, -0.05) is 30.2 Å². The summed E-state index contributed by atoms with van der Waals surface area (Å²) in [6.07, 6.45) is 7.08. The Hall–Kier alpha value is -2.34. The third-order valence-electron chi connectivity index (χ3n) is 3.25. The number of rotatable bonds is 1. The van der Waals surface area contributed by atoms with Crippen molar-refractivity contribution in [1.29, 1.82) is 0 Å². The molecule has 1 aromatic heterocycles. The Labute approximate surface area is 105 Å². The number of fused-ring (bicyclic) bond motifs is 3. The molecule has 3 heteroatoms. The van der Waals surface area contributed by atoms with Crippen LogP contribution < -0.4 is 5.56 Å². The highest BCUT2D eigenvalue weighted by atomic mass is 16.1. The fourth-order valence-electron chi connectivity index (χ4n) is 2.38. The number of aryl methyl sites for hydroxylation is 2. The molecule has 0 unspecified atom stereocenters. The van der Waals surface area contributed by atoms with Gasteiger partial charge in [0, 0.05) is 11.6 Å². The molecule has 0 aliphatic heterocycles. The minimum atomic E-state index is -0.119. The summed E-state index contributed by atoms with van der Waals surface area (Å²) in [7, 11) is 0. The van der Waals surface area contributed by atoms with Crippen LogP contribution in [-0.4, -0.2) is 9.78 Å². The summed E-state index contributed by atoms with van der Waals surface area (Å²) < 4.78 is 1.35. The standard InChI is InChI=1S/C15H12N2O/c1-2-9-17-14(18)10-12-8-7-11-5-3-4-6-13(11)15(12)16-17/h1,3-6,10H,7-9H2. The Morgan fingerprint density at radius 1 is 1.28 bits per heavy atom. The quantitative estimate of drug-likeness (QED) is 0.705. The monoisotopic (exact) mass is 236 g/mol. The topological polar surface area (TPSA) is 34.9 Å². The third kappa shape index (κ3) is 1.63. The van der Waals surface area contributed by atoms with E-state index in [0.717, 1.165) is 29.7 Å². The lowest BCUT2D eigenvalue weighted by Crippen LogP contribution is -2.25. The number of terminal acetylenes is 1. The zero-order valence-corrected chi connectivity index (χ0v) is 9.89. The smallest absolute Gasteiger partial charge is 0.267 e. The van der Waals surface area contributed by atoms with Gasteiger partial charge in [0.05, 0.1) is 5.69 Å². The van der Waals surface area contributed by atoms with Gasteiger partial charge in [0.15, 0.2) is 0 Å². The number of benzene rings is 1. The summed E-state index contributed by atoms with van der Waals surface area (Å²) in [6, 6.07) is 9.84. The normalized spacial score (nSPS) is 12.4. The van der Waals surface area contributed by atoms with E-state index in [1.165, 1.54) is 10.2 Å². The maximum Gasteiger partial charge on any atom is 0.267 e. The Morgan fingerprint density at radius 2 is 2.06 bits per heavy atom. The lowest BCUT2D eigenvalue weighted by molar-refractivity contribution is 0.657. The zero-order valence-electron chi connectivity index (χ0n) is 9.89. The molecule has 1 aromatic carbocycles. The van der Waals surface area contributed by atoms with Crippen LogP contribution in [0.15, 0.2) is 35.1 Å². The van der Waals surface area contributed by atoms with Gasteiger partial charge in [-0.3, -0.25) is 4.79 Å². The fraction of sp³-hybridized carbons (Fsp3) is 0.200. The van der Waals surface area contributed by atoms with Gasteiger partial charge < -0.3 is 0 Å². The number of hydrogen-bond acceptors (Lipinski definition) is 2. The van der Waals surface area contributed by atoms with Gasteiger partial charge in [-0.05, 0) is 24.0 Å². The predicted molar refractivity (Wildman–Crippen MR) is 70.2 cm³/mol. The molecule has 0 radical (unpaired) electrons. The molecule has 3 rings (SSSR count). The molecule has 0 saturated carbocycles. The van der Waals surface area contributed by atoms with Crippen molar-refractivity contribution in [3.63, 3.8) is 0 Å². The molecule has 0 fully saturated rings. The van der Waals surface area contributed by atoms with E-state index in [4.69, 9.17) is 6.42 Å². The first kappa shape index (κ1) is 10.8. The second-order valence-corrected chi connectivity index (χ2v) is 4.38. The highest BCUT2D eigenvalue weighted by molar-refractivity contribution is 5.68. The van der Waals surface area contributed by atoms with E-state index in [1.54, 1.807) is 6.07 Å². The Balaban J connectivity index is 2.24. The van der Waals surface area contributed by atoms with Crippen LogP contribution >= 0.6 is 0 Å². The second kappa shape index (κ2) is 4.15. The first-order chi connectivity index (χ1) is 8.79. The molecular weight excluding hydrogens is 224 g/mol. The van der Waals surface area contributed by atoms with Crippen LogP contribution in [0.2, 0.25) is 0 Å². The number of hydrogen-bond donors (Lipinski definition) is 0. The maximum absolute atomic E-state index is 11.8. The van der Waals surface area contributed by atoms with Gasteiger partial charge >= 0.3 is 0 Å². The summed E-state index contributed by atoms with van der Waals surface area (Å²) in [5, 5.41) is 4.41. The van der Waals surface area contributed by atoms with E-state index in [2.05, 4.69) is 17.1 Å². The summed E-state index contributed by atoms with van der Waals surface area (Å²) in [6.45, 7) is 0.217. The van der Waals surface area contributed by atoms with Gasteiger partial charge in [0.25, 0.3) is 5.56 Å². The fourth-order valence-corrected chi connectivity index (χ4v) is 2.38. The van der Waals surface area contributed by atoms with Crippen molar-refractivity contribution in [2.24, 2.45) is 0 Å². The average molecular weight is 236 g/mol. The van der Waals surface area contributed by atoms with Crippen molar-refractivity contribution < 1.29 is 0 Å². The maximum atomic E-state index is 11.8. The van der Waals surface area contributed by atoms with Crippen molar-refractivity contribution in [3.8, 4) is 23.6 Å². The lowest BCUT2D eigenvalue weighted by atomic mass is 9.90. The van der Waals surface area contributed by atoms with E-state index in [9.17, 15) is 4.79 Å². The molecule has 0 amide bonds. The Bertz CT molecular complexity index is 707. The summed E-state index contributed by atoms with van der Waals surface area (Å²) in [5.74, 6) is 2.46. The molecule has 88 valence electrons. The van der Waals surface area contributed by atoms with E-state index in [1.807, 2.05) is 18.2 Å². The molecule has 0 saturated heterocycles. The van der Waals surface area contributed by atoms with Crippen LogP contribution in [-0.2, 0) is 19.4 Å². The summed E-state index contributed by atoms with van der Waals surface area (Å²) in [5.41, 5.74) is 4.19. The zero-order chi connectivity index (χ0) is 12.5. The first-order valence-electron chi connectivity index (χ1n) is 5.92. The number of nitrogens with zero attached hydrogens (tertiary/aromatic N) is 2. The summed E-state index contributed by atoms with van der Waals surface area (Å²) in [4.78, 5) is 11.8. The minimum absolute atomic E-state index is 0.119. The first-order valence-corrected chi connectivity index (χ1v) is 5.92. The largest absolute Gasteiger partial charge is 0.268 e. The molecular formula is C15H12N2O. The Kier molecular flexibility index (Phi) is 2.49. The molecule has 3 nitrogen and oxygen atoms in total. The van der Waals surface area contributed by atoms with Crippen LogP contribution in [0.4, 0.5) is 0 Å². The van der Waals surface area contributed by atoms with Gasteiger partial charge in [0.2, 0.25) is 0 Å². The van der Waals surface area contributed by atoms with Gasteiger partial charge in [-0.25, -0.2) is 4.68 Å². The summed E-state index contributed by atoms with van der Waals surface area (Å²) >= 11 is 0. The van der Waals surface area contributed by atoms with Crippen molar-refractivity contribution in [2.45, 2.75) is 19.4 Å². The molecule has 1 aliphatic rings. The minimum Gasteiger partial charge on any atom is -0.268 e. The van der Waals surface area contributed by atoms with Crippen molar-refractivity contribution in [2.75, 3.05) is 0 Å². The highest BCUT2D eigenvalue weighted by Gasteiger charge is 2.18. The van der Waals surface area contributed by atoms with Crippen LogP contribution in [0.1, 0.15) is 11.1 Å². The van der Waals surface area contributed by atoms with Crippen LogP contribution in [0, 0.1) is 12.3 Å². The lowest BCUT2D eigenvalue weighted by Gasteiger charge is -2.18. The average Bonchev–Trinajstić information content (AvgIpc) is 2.40. The highest BCUT2D eigenvalue weighted by Crippen LogP contribution is 2.30. The molecule has 1 heterocycles. The Morgan fingerprint density at radius 3 is 2.89 bits per heavy atom. The molecule has 0 N–H and O–H groups in total. The van der Waals surface area contributed by atoms with E-state index >= 15 is 0 Å². The molecule has 18 heavy (non-hydrogen) atoms. The van der Waals surface area contributed by atoms with Gasteiger partial charge in [-0.15, -0.1) is 6.42 Å². The molecule has 0 bridgehead atoms. The van der Waals surface area contributed by atoms with E-state index < -0.39 is 0 Å². The van der Waals surface area contributed by atoms with Gasteiger partial charge in [0.1, 0.15) is 6.54 Å². The SMILES string of the molecule is C#CCn1nc2c(cc1=O)CCc1ccccc1-2. The molecule has 0 spiro atoms. The van der Waals surface area contributed by atoms with E-state index in [0.29, 0.717) is 0 Å². The number of aromatic nitrogens is 2. The van der Waals surface area contributed by atoms with Crippen LogP contribution in [0.3, 0.4) is 0 Å². The van der Waals surface area contributed by atoms with E-state index in [-0.39, 0.29) is 12.1 Å². The second-order valence-electron chi connectivity index (χ2n) is 4.38. The molecule has 0 atom stereocenters. The van der Waals surface area contributed by atoms with Crippen LogP contribution in [0.25, 0.3) is 11.3 Å². The van der Waals surface area contributed by atoms with Crippen molar-refractivity contribution in [3.05, 3.63) is 51.8 Å². The predicted octanol–water partition coefficient (Wildman–Crippen LogP) is 1.64. The molecule has 2 aromatic rings. The van der Waals surface area contributed by atoms with Crippen molar-refractivity contribution in [1.82, 2.24) is 9.78 Å².